The minimum Gasteiger partial charge on any atom is -0.497 e. The van der Waals surface area contributed by atoms with Crippen molar-refractivity contribution >= 4 is 21.6 Å². The monoisotopic (exact) mass is 418 g/mol. The van der Waals surface area contributed by atoms with Gasteiger partial charge in [-0.2, -0.15) is 4.31 Å². The van der Waals surface area contributed by atoms with Crippen LogP contribution in [0.1, 0.15) is 19.8 Å². The number of rotatable bonds is 7. The summed E-state index contributed by atoms with van der Waals surface area (Å²) in [4.78, 5) is 12.8. The van der Waals surface area contributed by atoms with Crippen molar-refractivity contribution in [2.75, 3.05) is 32.1 Å². The summed E-state index contributed by atoms with van der Waals surface area (Å²) in [6.45, 7) is 3.03. The summed E-state index contributed by atoms with van der Waals surface area (Å²) in [6.07, 6.45) is 0.969. The van der Waals surface area contributed by atoms with Crippen LogP contribution in [-0.2, 0) is 14.8 Å². The molecule has 1 fully saturated rings. The number of hydrogen-bond acceptors (Lipinski definition) is 5. The first-order valence-electron chi connectivity index (χ1n) is 9.62. The van der Waals surface area contributed by atoms with Crippen LogP contribution in [0.15, 0.2) is 53.4 Å². The molecule has 2 aromatic rings. The van der Waals surface area contributed by atoms with Crippen molar-refractivity contribution in [3.8, 4) is 11.5 Å². The highest BCUT2D eigenvalue weighted by atomic mass is 32.2. The van der Waals surface area contributed by atoms with Crippen molar-refractivity contribution < 1.29 is 22.7 Å². The van der Waals surface area contributed by atoms with Crippen LogP contribution in [0.25, 0.3) is 0 Å². The highest BCUT2D eigenvalue weighted by Crippen LogP contribution is 2.26. The average molecular weight is 419 g/mol. The average Bonchev–Trinajstić information content (AvgIpc) is 2.75. The van der Waals surface area contributed by atoms with E-state index >= 15 is 0 Å². The van der Waals surface area contributed by atoms with Gasteiger partial charge in [0, 0.05) is 24.7 Å². The molecule has 2 aromatic carbocycles. The van der Waals surface area contributed by atoms with Gasteiger partial charge < -0.3 is 14.8 Å². The molecule has 1 saturated heterocycles. The molecule has 1 heterocycles. The van der Waals surface area contributed by atoms with E-state index < -0.39 is 10.0 Å². The molecule has 0 aliphatic carbocycles. The molecule has 1 N–H and O–H groups in total. The number of ether oxygens (including phenoxy) is 2. The quantitative estimate of drug-likeness (QED) is 0.747. The third-order valence-electron chi connectivity index (χ3n) is 4.95. The molecule has 7 nitrogen and oxygen atoms in total. The van der Waals surface area contributed by atoms with E-state index in [0.717, 1.165) is 5.75 Å². The van der Waals surface area contributed by atoms with Gasteiger partial charge in [-0.3, -0.25) is 4.79 Å². The van der Waals surface area contributed by atoms with Crippen LogP contribution in [0.3, 0.4) is 0 Å². The van der Waals surface area contributed by atoms with E-state index in [9.17, 15) is 13.2 Å². The Hall–Kier alpha value is -2.58. The second-order valence-electron chi connectivity index (χ2n) is 6.80. The Kier molecular flexibility index (Phi) is 6.76. The van der Waals surface area contributed by atoms with E-state index in [2.05, 4.69) is 5.32 Å². The lowest BCUT2D eigenvalue weighted by molar-refractivity contribution is -0.120. The molecule has 0 aromatic heterocycles. The Labute approximate surface area is 171 Å². The number of nitrogens with zero attached hydrogens (tertiary/aromatic N) is 1. The lowest BCUT2D eigenvalue weighted by Gasteiger charge is -2.30. The molecule has 0 unspecified atom stereocenters. The number of piperidine rings is 1. The minimum absolute atomic E-state index is 0.0896. The lowest BCUT2D eigenvalue weighted by Crippen LogP contribution is -2.41. The Balaban J connectivity index is 1.57. The first-order chi connectivity index (χ1) is 13.9. The normalized spacial score (nSPS) is 15.7. The number of benzene rings is 2. The van der Waals surface area contributed by atoms with Gasteiger partial charge in [-0.05, 0) is 68.3 Å². The zero-order valence-corrected chi connectivity index (χ0v) is 17.4. The van der Waals surface area contributed by atoms with E-state index in [-0.39, 0.29) is 16.7 Å². The summed E-state index contributed by atoms with van der Waals surface area (Å²) in [5, 5.41) is 2.89. The molecule has 0 radical (unpaired) electrons. The number of sulfonamides is 1. The van der Waals surface area contributed by atoms with E-state index in [4.69, 9.17) is 9.47 Å². The maximum Gasteiger partial charge on any atom is 0.243 e. The van der Waals surface area contributed by atoms with E-state index in [1.807, 2.05) is 6.92 Å². The van der Waals surface area contributed by atoms with Gasteiger partial charge >= 0.3 is 0 Å². The molecule has 0 bridgehead atoms. The van der Waals surface area contributed by atoms with Gasteiger partial charge in [0.15, 0.2) is 0 Å². The van der Waals surface area contributed by atoms with Gasteiger partial charge in [0.2, 0.25) is 15.9 Å². The number of carbonyl (C=O) groups excluding carboxylic acids is 1. The fourth-order valence-electron chi connectivity index (χ4n) is 3.30. The predicted molar refractivity (Wildman–Crippen MR) is 111 cm³/mol. The minimum atomic E-state index is -3.58. The lowest BCUT2D eigenvalue weighted by atomic mass is 9.97. The molecule has 156 valence electrons. The molecular formula is C21H26N2O5S. The van der Waals surface area contributed by atoms with Gasteiger partial charge in [-0.1, -0.05) is 0 Å². The number of carbonyl (C=O) groups is 1. The zero-order valence-electron chi connectivity index (χ0n) is 16.6. The largest absolute Gasteiger partial charge is 0.497 e. The molecule has 8 heteroatoms. The van der Waals surface area contributed by atoms with Crippen LogP contribution < -0.4 is 14.8 Å². The summed E-state index contributed by atoms with van der Waals surface area (Å²) in [7, 11) is -1.99. The van der Waals surface area contributed by atoms with E-state index in [1.165, 1.54) is 4.31 Å². The first kappa shape index (κ1) is 21.1. The van der Waals surface area contributed by atoms with Crippen molar-refractivity contribution in [1.29, 1.82) is 0 Å². The van der Waals surface area contributed by atoms with E-state index in [1.54, 1.807) is 55.6 Å². The van der Waals surface area contributed by atoms with Crippen LogP contribution in [0.5, 0.6) is 11.5 Å². The predicted octanol–water partition coefficient (Wildman–Crippen LogP) is 3.13. The van der Waals surface area contributed by atoms with Crippen LogP contribution in [-0.4, -0.2) is 45.4 Å². The summed E-state index contributed by atoms with van der Waals surface area (Å²) in [5.74, 6) is 1.05. The van der Waals surface area contributed by atoms with Gasteiger partial charge in [0.05, 0.1) is 18.6 Å². The Bertz CT molecular complexity index is 919. The number of nitrogens with one attached hydrogen (secondary N) is 1. The van der Waals surface area contributed by atoms with Crippen molar-refractivity contribution in [3.63, 3.8) is 0 Å². The van der Waals surface area contributed by atoms with Crippen LogP contribution >= 0.6 is 0 Å². The number of anilines is 1. The molecular weight excluding hydrogens is 392 g/mol. The second kappa shape index (κ2) is 9.28. The molecule has 1 aliphatic rings. The number of amides is 1. The molecule has 1 aliphatic heterocycles. The van der Waals surface area contributed by atoms with Crippen LogP contribution in [0, 0.1) is 5.92 Å². The molecule has 0 atom stereocenters. The summed E-state index contributed by atoms with van der Waals surface area (Å²) < 4.78 is 37.6. The summed E-state index contributed by atoms with van der Waals surface area (Å²) in [6, 6.07) is 13.6. The Morgan fingerprint density at radius 1 is 1.03 bits per heavy atom. The summed E-state index contributed by atoms with van der Waals surface area (Å²) >= 11 is 0. The Morgan fingerprint density at radius 3 is 2.17 bits per heavy atom. The van der Waals surface area contributed by atoms with Crippen molar-refractivity contribution in [1.82, 2.24) is 4.31 Å². The smallest absolute Gasteiger partial charge is 0.243 e. The molecule has 0 saturated carbocycles. The molecule has 1 amide bonds. The SMILES string of the molecule is CCOc1ccc(S(=O)(=O)N2CCC(C(=O)Nc3ccc(OC)cc3)CC2)cc1. The topological polar surface area (TPSA) is 84.9 Å². The van der Waals surface area contributed by atoms with Gasteiger partial charge in [0.1, 0.15) is 11.5 Å². The third-order valence-corrected chi connectivity index (χ3v) is 6.87. The highest BCUT2D eigenvalue weighted by Gasteiger charge is 2.32. The number of methoxy groups -OCH3 is 1. The van der Waals surface area contributed by atoms with Crippen molar-refractivity contribution in [2.24, 2.45) is 5.92 Å². The maximum atomic E-state index is 12.9. The summed E-state index contributed by atoms with van der Waals surface area (Å²) in [5.41, 5.74) is 0.695. The van der Waals surface area contributed by atoms with E-state index in [0.29, 0.717) is 44.0 Å². The van der Waals surface area contributed by atoms with Crippen molar-refractivity contribution in [3.05, 3.63) is 48.5 Å². The fraction of sp³-hybridized carbons (Fsp3) is 0.381. The zero-order chi connectivity index (χ0) is 20.9. The standard InChI is InChI=1S/C21H26N2O5S/c1-3-28-19-8-10-20(11-9-19)29(25,26)23-14-12-16(13-15-23)21(24)22-17-4-6-18(27-2)7-5-17/h4-11,16H,3,12-15H2,1-2H3,(H,22,24). The number of hydrogen-bond donors (Lipinski definition) is 1. The fourth-order valence-corrected chi connectivity index (χ4v) is 4.77. The molecule has 3 rings (SSSR count). The maximum absolute atomic E-state index is 12.9. The Morgan fingerprint density at radius 2 is 1.62 bits per heavy atom. The molecule has 29 heavy (non-hydrogen) atoms. The third kappa shape index (κ3) is 5.07. The molecule has 0 spiro atoms. The van der Waals surface area contributed by atoms with Crippen molar-refractivity contribution in [2.45, 2.75) is 24.7 Å². The second-order valence-corrected chi connectivity index (χ2v) is 8.74. The van der Waals surface area contributed by atoms with Gasteiger partial charge in [0.25, 0.3) is 0 Å². The van der Waals surface area contributed by atoms with Gasteiger partial charge in [-0.25, -0.2) is 8.42 Å². The first-order valence-corrected chi connectivity index (χ1v) is 11.1. The van der Waals surface area contributed by atoms with Crippen LogP contribution in [0.4, 0.5) is 5.69 Å². The van der Waals surface area contributed by atoms with Crippen LogP contribution in [0.2, 0.25) is 0 Å². The van der Waals surface area contributed by atoms with Gasteiger partial charge in [-0.15, -0.1) is 0 Å². The highest BCUT2D eigenvalue weighted by molar-refractivity contribution is 7.89.